The van der Waals surface area contributed by atoms with Crippen LogP contribution in [0.15, 0.2) is 24.5 Å². The second kappa shape index (κ2) is 9.52. The monoisotopic (exact) mass is 323 g/mol. The number of aromatic nitrogens is 2. The molecule has 0 aliphatic rings. The van der Waals surface area contributed by atoms with Gasteiger partial charge in [-0.05, 0) is 23.8 Å². The normalized spacial score (nSPS) is 9.95. The first-order chi connectivity index (χ1) is 10.1. The highest BCUT2D eigenvalue weighted by molar-refractivity contribution is 7.80. The molecule has 1 N–H and O–H groups in total. The maximum absolute atomic E-state index is 9.36. The van der Waals surface area contributed by atoms with Crippen molar-refractivity contribution in [2.75, 3.05) is 18.1 Å². The molecule has 0 aliphatic heterocycles. The molecule has 0 amide bonds. The van der Waals surface area contributed by atoms with Crippen molar-refractivity contribution in [3.63, 3.8) is 0 Å². The van der Waals surface area contributed by atoms with Crippen LogP contribution in [-0.4, -0.2) is 29.1 Å². The van der Waals surface area contributed by atoms with Gasteiger partial charge in [0.1, 0.15) is 16.3 Å². The van der Waals surface area contributed by atoms with Crippen molar-refractivity contribution in [2.45, 2.75) is 26.2 Å². The predicted octanol–water partition coefficient (Wildman–Crippen LogP) is 3.88. The molecule has 0 fully saturated rings. The molecular weight excluding hydrogens is 302 g/mol. The standard InChI is InChI=1S/C12H15N3S.C3H6OS/c1-8(2)10-12(13-3)16-11(15-10)9-5-4-6-14-7-9;4-2-1-3-5/h4-8,13H,1-3H3;2,5H,1,3H2. The Morgan fingerprint density at radius 1 is 1.48 bits per heavy atom. The molecule has 2 heterocycles. The fourth-order valence-corrected chi connectivity index (χ4v) is 2.74. The van der Waals surface area contributed by atoms with E-state index in [4.69, 9.17) is 0 Å². The van der Waals surface area contributed by atoms with E-state index in [0.717, 1.165) is 27.6 Å². The minimum Gasteiger partial charge on any atom is -0.378 e. The van der Waals surface area contributed by atoms with Gasteiger partial charge in [0.05, 0.1) is 5.69 Å². The van der Waals surface area contributed by atoms with Gasteiger partial charge >= 0.3 is 0 Å². The van der Waals surface area contributed by atoms with Crippen molar-refractivity contribution in [2.24, 2.45) is 0 Å². The van der Waals surface area contributed by atoms with Crippen molar-refractivity contribution in [3.05, 3.63) is 30.2 Å². The zero-order valence-electron chi connectivity index (χ0n) is 12.5. The Kier molecular flexibility index (Phi) is 8.00. The molecule has 0 saturated heterocycles. The van der Waals surface area contributed by atoms with Crippen LogP contribution in [0, 0.1) is 0 Å². The number of hydrogen-bond donors (Lipinski definition) is 2. The maximum atomic E-state index is 9.36. The van der Waals surface area contributed by atoms with Crippen LogP contribution in [0.25, 0.3) is 10.6 Å². The third-order valence-electron chi connectivity index (χ3n) is 2.58. The lowest BCUT2D eigenvalue weighted by Crippen LogP contribution is -1.94. The zero-order chi connectivity index (χ0) is 15.7. The van der Waals surface area contributed by atoms with Crippen LogP contribution >= 0.6 is 24.0 Å². The van der Waals surface area contributed by atoms with E-state index in [-0.39, 0.29) is 0 Å². The van der Waals surface area contributed by atoms with Gasteiger partial charge in [-0.25, -0.2) is 4.98 Å². The van der Waals surface area contributed by atoms with Gasteiger partial charge in [0.15, 0.2) is 0 Å². The smallest absolute Gasteiger partial charge is 0.127 e. The first-order valence-corrected chi connectivity index (χ1v) is 8.22. The Morgan fingerprint density at radius 2 is 2.24 bits per heavy atom. The van der Waals surface area contributed by atoms with Crippen molar-refractivity contribution >= 4 is 35.3 Å². The van der Waals surface area contributed by atoms with Gasteiger partial charge in [0, 0.05) is 31.4 Å². The van der Waals surface area contributed by atoms with E-state index in [0.29, 0.717) is 18.1 Å². The highest BCUT2D eigenvalue weighted by atomic mass is 32.1. The minimum atomic E-state index is 0.434. The van der Waals surface area contributed by atoms with E-state index in [1.807, 2.05) is 25.4 Å². The Bertz CT molecular complexity index is 541. The molecule has 6 heteroatoms. The largest absolute Gasteiger partial charge is 0.378 e. The summed E-state index contributed by atoms with van der Waals surface area (Å²) in [5.41, 5.74) is 2.21. The molecule has 4 nitrogen and oxygen atoms in total. The van der Waals surface area contributed by atoms with E-state index in [1.165, 1.54) is 0 Å². The van der Waals surface area contributed by atoms with Crippen LogP contribution in [0.3, 0.4) is 0 Å². The van der Waals surface area contributed by atoms with Crippen molar-refractivity contribution < 1.29 is 4.79 Å². The summed E-state index contributed by atoms with van der Waals surface area (Å²) in [5, 5.41) is 5.38. The molecule has 0 aliphatic carbocycles. The molecular formula is C15H21N3OS2. The molecule has 0 bridgehead atoms. The van der Waals surface area contributed by atoms with E-state index >= 15 is 0 Å². The lowest BCUT2D eigenvalue weighted by molar-refractivity contribution is -0.107. The molecule has 2 aromatic heterocycles. The summed E-state index contributed by atoms with van der Waals surface area (Å²) in [6, 6.07) is 3.97. The number of nitrogens with one attached hydrogen (secondary N) is 1. The van der Waals surface area contributed by atoms with Crippen molar-refractivity contribution in [1.82, 2.24) is 9.97 Å². The Hall–Kier alpha value is -1.40. The predicted molar refractivity (Wildman–Crippen MR) is 93.5 cm³/mol. The highest BCUT2D eigenvalue weighted by Gasteiger charge is 2.13. The highest BCUT2D eigenvalue weighted by Crippen LogP contribution is 2.34. The van der Waals surface area contributed by atoms with Gasteiger partial charge in [-0.15, -0.1) is 0 Å². The van der Waals surface area contributed by atoms with E-state index in [9.17, 15) is 4.79 Å². The second-order valence-corrected chi connectivity index (χ2v) is 6.01. The molecule has 114 valence electrons. The third kappa shape index (κ3) is 5.47. The summed E-state index contributed by atoms with van der Waals surface area (Å²) in [6.45, 7) is 4.31. The average molecular weight is 323 g/mol. The molecule has 21 heavy (non-hydrogen) atoms. The second-order valence-electron chi connectivity index (χ2n) is 4.56. The molecule has 0 aromatic carbocycles. The number of rotatable bonds is 5. The van der Waals surface area contributed by atoms with E-state index in [2.05, 4.69) is 41.8 Å². The van der Waals surface area contributed by atoms with Gasteiger partial charge in [-0.1, -0.05) is 25.2 Å². The molecule has 0 atom stereocenters. The number of thiol groups is 1. The fourth-order valence-electron chi connectivity index (χ4n) is 1.57. The molecule has 0 radical (unpaired) electrons. The number of hydrogen-bond acceptors (Lipinski definition) is 6. The number of thiazole rings is 1. The zero-order valence-corrected chi connectivity index (χ0v) is 14.2. The summed E-state index contributed by atoms with van der Waals surface area (Å²) in [5.74, 6) is 1.10. The molecule has 0 saturated carbocycles. The summed E-state index contributed by atoms with van der Waals surface area (Å²) in [7, 11) is 1.94. The molecule has 2 rings (SSSR count). The molecule has 2 aromatic rings. The Morgan fingerprint density at radius 3 is 2.62 bits per heavy atom. The van der Waals surface area contributed by atoms with Gasteiger partial charge in [-0.3, -0.25) is 4.98 Å². The summed E-state index contributed by atoms with van der Waals surface area (Å²) in [6.07, 6.45) is 5.05. The van der Waals surface area contributed by atoms with E-state index in [1.54, 1.807) is 17.5 Å². The SMILES string of the molecule is CNc1sc(-c2cccnc2)nc1C(C)C.O=CCCS. The van der Waals surface area contributed by atoms with Crippen LogP contribution in [0.4, 0.5) is 5.00 Å². The van der Waals surface area contributed by atoms with Gasteiger partial charge in [0.2, 0.25) is 0 Å². The quantitative estimate of drug-likeness (QED) is 0.648. The summed E-state index contributed by atoms with van der Waals surface area (Å²) >= 11 is 5.45. The van der Waals surface area contributed by atoms with Gasteiger partial charge in [-0.2, -0.15) is 12.6 Å². The summed E-state index contributed by atoms with van der Waals surface area (Å²) < 4.78 is 0. The number of carbonyl (C=O) groups excluding carboxylic acids is 1. The molecule has 0 unspecified atom stereocenters. The van der Waals surface area contributed by atoms with Crippen LogP contribution in [-0.2, 0) is 4.79 Å². The van der Waals surface area contributed by atoms with Gasteiger partial charge in [0.25, 0.3) is 0 Å². The first kappa shape index (κ1) is 17.7. The lowest BCUT2D eigenvalue weighted by atomic mass is 10.1. The Labute approximate surface area is 135 Å². The van der Waals surface area contributed by atoms with Crippen LogP contribution < -0.4 is 5.32 Å². The van der Waals surface area contributed by atoms with Gasteiger partial charge < -0.3 is 10.1 Å². The number of nitrogens with zero attached hydrogens (tertiary/aromatic N) is 2. The maximum Gasteiger partial charge on any atom is 0.127 e. The number of pyridine rings is 1. The topological polar surface area (TPSA) is 54.9 Å². The van der Waals surface area contributed by atoms with Crippen LogP contribution in [0.2, 0.25) is 0 Å². The minimum absolute atomic E-state index is 0.434. The van der Waals surface area contributed by atoms with Crippen LogP contribution in [0.5, 0.6) is 0 Å². The Balaban J connectivity index is 0.000000383. The van der Waals surface area contributed by atoms with Crippen molar-refractivity contribution in [1.29, 1.82) is 0 Å². The summed E-state index contributed by atoms with van der Waals surface area (Å²) in [4.78, 5) is 18.1. The number of aldehydes is 1. The van der Waals surface area contributed by atoms with E-state index < -0.39 is 0 Å². The lowest BCUT2D eigenvalue weighted by Gasteiger charge is -2.02. The third-order valence-corrected chi connectivity index (χ3v) is 3.98. The number of carbonyl (C=O) groups is 1. The van der Waals surface area contributed by atoms with Crippen LogP contribution in [0.1, 0.15) is 31.9 Å². The number of anilines is 1. The molecule has 0 spiro atoms. The first-order valence-electron chi connectivity index (χ1n) is 6.77. The van der Waals surface area contributed by atoms with Crippen molar-refractivity contribution in [3.8, 4) is 10.6 Å². The average Bonchev–Trinajstić information content (AvgIpc) is 2.94. The fraction of sp³-hybridized carbons (Fsp3) is 0.400.